The minimum atomic E-state index is -0.211. The summed E-state index contributed by atoms with van der Waals surface area (Å²) in [5.41, 5.74) is -0.0838. The fourth-order valence-corrected chi connectivity index (χ4v) is 1.88. The van der Waals surface area contributed by atoms with Gasteiger partial charge in [-0.15, -0.1) is 0 Å². The summed E-state index contributed by atoms with van der Waals surface area (Å²) in [6.07, 6.45) is 1.73. The molecule has 0 saturated heterocycles. The Labute approximate surface area is 82.9 Å². The second-order valence-electron chi connectivity index (χ2n) is 4.13. The molecule has 0 aliphatic heterocycles. The maximum absolute atomic E-state index is 9.97. The number of hydrogen-bond acceptors (Lipinski definition) is 2. The Morgan fingerprint density at radius 3 is 1.92 bits per heavy atom. The van der Waals surface area contributed by atoms with Crippen LogP contribution in [0.15, 0.2) is 0 Å². The lowest BCUT2D eigenvalue weighted by molar-refractivity contribution is -0.00941. The maximum Gasteiger partial charge on any atom is 0.0718 e. The maximum atomic E-state index is 9.97. The molecule has 1 unspecified atom stereocenters. The van der Waals surface area contributed by atoms with Crippen LogP contribution in [0, 0.1) is 0 Å². The Kier molecular flexibility index (Phi) is 5.57. The predicted molar refractivity (Wildman–Crippen MR) is 57.9 cm³/mol. The van der Waals surface area contributed by atoms with Gasteiger partial charge in [-0.3, -0.25) is 4.90 Å². The third-order valence-corrected chi connectivity index (χ3v) is 2.96. The van der Waals surface area contributed by atoms with Gasteiger partial charge in [0.1, 0.15) is 0 Å². The lowest BCUT2D eigenvalue weighted by Gasteiger charge is -2.41. The number of hydrogen-bond donors (Lipinski definition) is 1. The van der Waals surface area contributed by atoms with Crippen molar-refractivity contribution in [2.75, 3.05) is 13.1 Å². The quantitative estimate of drug-likeness (QED) is 0.689. The van der Waals surface area contributed by atoms with Gasteiger partial charge in [-0.25, -0.2) is 0 Å². The van der Waals surface area contributed by atoms with E-state index in [1.54, 1.807) is 0 Å². The van der Waals surface area contributed by atoms with Crippen molar-refractivity contribution in [2.24, 2.45) is 0 Å². The summed E-state index contributed by atoms with van der Waals surface area (Å²) < 4.78 is 0. The van der Waals surface area contributed by atoms with Gasteiger partial charge in [0, 0.05) is 5.54 Å². The van der Waals surface area contributed by atoms with Gasteiger partial charge in [0.25, 0.3) is 0 Å². The molecular weight excluding hydrogens is 162 g/mol. The molecule has 1 N–H and O–H groups in total. The van der Waals surface area contributed by atoms with Crippen LogP contribution < -0.4 is 0 Å². The lowest BCUT2D eigenvalue weighted by Crippen LogP contribution is -2.52. The second-order valence-corrected chi connectivity index (χ2v) is 4.13. The normalized spacial score (nSPS) is 15.0. The van der Waals surface area contributed by atoms with E-state index in [0.717, 1.165) is 25.9 Å². The second kappa shape index (κ2) is 5.61. The van der Waals surface area contributed by atoms with Gasteiger partial charge in [-0.05, 0) is 33.4 Å². The first kappa shape index (κ1) is 12.9. The average Bonchev–Trinajstić information content (AvgIpc) is 2.06. The van der Waals surface area contributed by atoms with E-state index in [1.807, 2.05) is 0 Å². The highest BCUT2D eigenvalue weighted by Gasteiger charge is 2.31. The van der Waals surface area contributed by atoms with E-state index in [2.05, 4.69) is 39.5 Å². The van der Waals surface area contributed by atoms with Crippen molar-refractivity contribution in [3.05, 3.63) is 0 Å². The summed E-state index contributed by atoms with van der Waals surface area (Å²) in [6, 6.07) is 0. The molecule has 0 aliphatic carbocycles. The summed E-state index contributed by atoms with van der Waals surface area (Å²) in [5, 5.41) is 9.97. The van der Waals surface area contributed by atoms with Crippen molar-refractivity contribution in [1.29, 1.82) is 0 Å². The Morgan fingerprint density at radius 1 is 1.15 bits per heavy atom. The molecule has 0 amide bonds. The first-order valence-electron chi connectivity index (χ1n) is 5.43. The first-order chi connectivity index (χ1) is 6.00. The van der Waals surface area contributed by atoms with Crippen LogP contribution in [0.4, 0.5) is 0 Å². The molecule has 0 saturated carbocycles. The van der Waals surface area contributed by atoms with Crippen LogP contribution in [0.2, 0.25) is 0 Å². The van der Waals surface area contributed by atoms with Crippen molar-refractivity contribution in [1.82, 2.24) is 4.90 Å². The van der Waals surface area contributed by atoms with Crippen molar-refractivity contribution in [3.63, 3.8) is 0 Å². The Bertz CT molecular complexity index is 130. The first-order valence-corrected chi connectivity index (χ1v) is 5.43. The largest absolute Gasteiger partial charge is 0.391 e. The molecule has 0 bridgehead atoms. The molecule has 2 nitrogen and oxygen atoms in total. The molecule has 0 spiro atoms. The summed E-state index contributed by atoms with van der Waals surface area (Å²) in [7, 11) is 0. The number of aliphatic hydroxyl groups is 1. The molecule has 0 aliphatic rings. The van der Waals surface area contributed by atoms with Crippen molar-refractivity contribution in [2.45, 2.75) is 59.1 Å². The summed E-state index contributed by atoms with van der Waals surface area (Å²) in [4.78, 5) is 2.31. The zero-order chi connectivity index (χ0) is 10.5. The van der Waals surface area contributed by atoms with Gasteiger partial charge in [-0.1, -0.05) is 27.2 Å². The zero-order valence-electron chi connectivity index (χ0n) is 9.80. The van der Waals surface area contributed by atoms with Gasteiger partial charge in [0.05, 0.1) is 6.10 Å². The van der Waals surface area contributed by atoms with E-state index in [4.69, 9.17) is 0 Å². The monoisotopic (exact) mass is 187 g/mol. The van der Waals surface area contributed by atoms with E-state index in [-0.39, 0.29) is 11.6 Å². The molecule has 13 heavy (non-hydrogen) atoms. The molecule has 0 aromatic carbocycles. The number of aliphatic hydroxyl groups excluding tert-OH is 1. The highest BCUT2D eigenvalue weighted by molar-refractivity contribution is 4.87. The van der Waals surface area contributed by atoms with Gasteiger partial charge < -0.3 is 5.11 Å². The highest BCUT2D eigenvalue weighted by atomic mass is 16.3. The standard InChI is InChI=1S/C11H25NO/c1-6-9-10(13)11(4,5)12(7-2)8-3/h10,13H,6-9H2,1-5H3. The van der Waals surface area contributed by atoms with Crippen LogP contribution in [-0.2, 0) is 0 Å². The lowest BCUT2D eigenvalue weighted by atomic mass is 9.91. The topological polar surface area (TPSA) is 23.5 Å². The van der Waals surface area contributed by atoms with Crippen molar-refractivity contribution in [3.8, 4) is 0 Å². The molecule has 0 aromatic rings. The molecule has 80 valence electrons. The molecule has 0 aromatic heterocycles. The molecule has 0 radical (unpaired) electrons. The van der Waals surface area contributed by atoms with Crippen LogP contribution in [0.3, 0.4) is 0 Å². The SMILES string of the molecule is CCCC(O)C(C)(C)N(CC)CC. The highest BCUT2D eigenvalue weighted by Crippen LogP contribution is 2.21. The third kappa shape index (κ3) is 3.28. The van der Waals surface area contributed by atoms with Crippen molar-refractivity contribution >= 4 is 0 Å². The number of likely N-dealkylation sites (N-methyl/N-ethyl adjacent to an activating group) is 1. The molecule has 0 fully saturated rings. The summed E-state index contributed by atoms with van der Waals surface area (Å²) >= 11 is 0. The van der Waals surface area contributed by atoms with Crippen molar-refractivity contribution < 1.29 is 5.11 Å². The minimum absolute atomic E-state index is 0.0838. The zero-order valence-corrected chi connectivity index (χ0v) is 9.80. The van der Waals surface area contributed by atoms with E-state index >= 15 is 0 Å². The van der Waals surface area contributed by atoms with Gasteiger partial charge in [-0.2, -0.15) is 0 Å². The van der Waals surface area contributed by atoms with E-state index in [1.165, 1.54) is 0 Å². The summed E-state index contributed by atoms with van der Waals surface area (Å²) in [6.45, 7) is 12.7. The fraction of sp³-hybridized carbons (Fsp3) is 1.00. The summed E-state index contributed by atoms with van der Waals surface area (Å²) in [5.74, 6) is 0. The van der Waals surface area contributed by atoms with Crippen LogP contribution in [0.5, 0.6) is 0 Å². The van der Waals surface area contributed by atoms with E-state index in [9.17, 15) is 5.11 Å². The molecule has 1 atom stereocenters. The van der Waals surface area contributed by atoms with Crippen LogP contribution >= 0.6 is 0 Å². The Balaban J connectivity index is 4.32. The Hall–Kier alpha value is -0.0800. The average molecular weight is 187 g/mol. The minimum Gasteiger partial charge on any atom is -0.391 e. The van der Waals surface area contributed by atoms with E-state index in [0.29, 0.717) is 0 Å². The predicted octanol–water partition coefficient (Wildman–Crippen LogP) is 2.27. The molecule has 2 heteroatoms. The molecular formula is C11H25NO. The smallest absolute Gasteiger partial charge is 0.0718 e. The van der Waals surface area contributed by atoms with Gasteiger partial charge in [0.15, 0.2) is 0 Å². The number of nitrogens with zero attached hydrogens (tertiary/aromatic N) is 1. The Morgan fingerprint density at radius 2 is 1.62 bits per heavy atom. The van der Waals surface area contributed by atoms with E-state index < -0.39 is 0 Å². The van der Waals surface area contributed by atoms with Crippen LogP contribution in [0.25, 0.3) is 0 Å². The fourth-order valence-electron chi connectivity index (χ4n) is 1.88. The van der Waals surface area contributed by atoms with Crippen LogP contribution in [0.1, 0.15) is 47.5 Å². The molecule has 0 heterocycles. The van der Waals surface area contributed by atoms with Gasteiger partial charge in [0.2, 0.25) is 0 Å². The van der Waals surface area contributed by atoms with Crippen LogP contribution in [-0.4, -0.2) is 34.7 Å². The third-order valence-electron chi connectivity index (χ3n) is 2.96. The number of rotatable bonds is 6. The molecule has 0 rings (SSSR count). The van der Waals surface area contributed by atoms with Gasteiger partial charge >= 0.3 is 0 Å².